The number of benzene rings is 1. The fraction of sp³-hybridized carbons (Fsp3) is 0.333. The Kier molecular flexibility index (Phi) is 4.19. The minimum atomic E-state index is -1.11. The Balaban J connectivity index is 2.74. The van der Waals surface area contributed by atoms with Crippen LogP contribution in [0, 0.1) is 0 Å². The van der Waals surface area contributed by atoms with Gasteiger partial charge < -0.3 is 5.11 Å². The van der Waals surface area contributed by atoms with Gasteiger partial charge in [-0.2, -0.15) is 0 Å². The van der Waals surface area contributed by atoms with Crippen molar-refractivity contribution in [1.29, 1.82) is 0 Å². The monoisotopic (exact) mass is 221 g/mol. The van der Waals surface area contributed by atoms with E-state index >= 15 is 0 Å². The van der Waals surface area contributed by atoms with Crippen molar-refractivity contribution in [2.24, 2.45) is 0 Å². The average molecular weight is 221 g/mol. The number of carbonyl (C=O) groups is 2. The molecule has 0 heterocycles. The highest BCUT2D eigenvalue weighted by molar-refractivity contribution is 6.01. The number of likely N-dealkylation sites (N-methyl/N-ethyl adjacent to an activating group) is 1. The summed E-state index contributed by atoms with van der Waals surface area (Å²) in [5.41, 5.74) is 0.984. The zero-order valence-electron chi connectivity index (χ0n) is 9.38. The summed E-state index contributed by atoms with van der Waals surface area (Å²) in [5.74, 6) is -1.46. The molecule has 4 heteroatoms. The average Bonchev–Trinajstić information content (AvgIpc) is 2.17. The summed E-state index contributed by atoms with van der Waals surface area (Å²) in [6.07, 6.45) is 0. The van der Waals surface area contributed by atoms with Gasteiger partial charge in [-0.15, -0.1) is 0 Å². The molecule has 1 aromatic carbocycles. The van der Waals surface area contributed by atoms with Gasteiger partial charge in [0, 0.05) is 6.54 Å². The highest BCUT2D eigenvalue weighted by Crippen LogP contribution is 2.07. The van der Waals surface area contributed by atoms with Gasteiger partial charge in [0.1, 0.15) is 0 Å². The summed E-state index contributed by atoms with van der Waals surface area (Å²) in [7, 11) is 1.63. The number of carboxylic acid groups (broad SMARTS) is 1. The van der Waals surface area contributed by atoms with Gasteiger partial charge in [0.15, 0.2) is 11.8 Å². The van der Waals surface area contributed by atoms with Gasteiger partial charge in [0.05, 0.1) is 0 Å². The summed E-state index contributed by atoms with van der Waals surface area (Å²) in [5, 5.41) is 8.93. The largest absolute Gasteiger partial charge is 0.480 e. The zero-order chi connectivity index (χ0) is 12.1. The van der Waals surface area contributed by atoms with Crippen LogP contribution in [0.3, 0.4) is 0 Å². The Morgan fingerprint density at radius 3 is 2.31 bits per heavy atom. The second kappa shape index (κ2) is 5.42. The molecule has 1 rings (SSSR count). The van der Waals surface area contributed by atoms with Gasteiger partial charge in [-0.1, -0.05) is 30.3 Å². The van der Waals surface area contributed by atoms with E-state index in [2.05, 4.69) is 0 Å². The topological polar surface area (TPSA) is 57.6 Å². The predicted octanol–water partition coefficient (Wildman–Crippen LogP) is 1.16. The molecule has 0 aromatic heterocycles. The van der Waals surface area contributed by atoms with Crippen molar-refractivity contribution in [2.45, 2.75) is 19.5 Å². The number of ketones is 1. The Morgan fingerprint density at radius 2 is 1.88 bits per heavy atom. The first-order valence-corrected chi connectivity index (χ1v) is 5.00. The fourth-order valence-corrected chi connectivity index (χ4v) is 1.64. The molecule has 0 spiro atoms. The van der Waals surface area contributed by atoms with Crippen LogP contribution in [0.4, 0.5) is 0 Å². The molecule has 0 aliphatic heterocycles. The number of nitrogens with zero attached hydrogens (tertiary/aromatic N) is 1. The molecular weight excluding hydrogens is 206 g/mol. The summed E-state index contributed by atoms with van der Waals surface area (Å²) in [6.45, 7) is 1.73. The number of carboxylic acids is 1. The first-order chi connectivity index (χ1) is 7.52. The lowest BCUT2D eigenvalue weighted by Gasteiger charge is -2.22. The van der Waals surface area contributed by atoms with E-state index in [-0.39, 0.29) is 5.78 Å². The van der Waals surface area contributed by atoms with Crippen molar-refractivity contribution < 1.29 is 14.7 Å². The van der Waals surface area contributed by atoms with Crippen molar-refractivity contribution in [1.82, 2.24) is 4.90 Å². The Morgan fingerprint density at radius 1 is 1.31 bits per heavy atom. The molecule has 0 aliphatic carbocycles. The van der Waals surface area contributed by atoms with Crippen LogP contribution in [0.1, 0.15) is 12.5 Å². The van der Waals surface area contributed by atoms with Crippen LogP contribution in [0.25, 0.3) is 0 Å². The molecule has 0 fully saturated rings. The van der Waals surface area contributed by atoms with Crippen LogP contribution in [-0.2, 0) is 16.1 Å². The third-order valence-electron chi connectivity index (χ3n) is 2.33. The molecule has 0 aliphatic rings. The van der Waals surface area contributed by atoms with Gasteiger partial charge in [0.2, 0.25) is 0 Å². The minimum Gasteiger partial charge on any atom is -0.480 e. The van der Waals surface area contributed by atoms with Crippen LogP contribution in [0.5, 0.6) is 0 Å². The number of rotatable bonds is 5. The molecule has 0 radical (unpaired) electrons. The predicted molar refractivity (Wildman–Crippen MR) is 60.0 cm³/mol. The SMILES string of the molecule is CC(=O)C(C(=O)O)N(C)Cc1ccccc1. The number of Topliss-reactive ketones (excluding diaryl/α,β-unsaturated/α-hetero) is 1. The third kappa shape index (κ3) is 3.17. The van der Waals surface area contributed by atoms with Crippen LogP contribution in [0.2, 0.25) is 0 Å². The highest BCUT2D eigenvalue weighted by Gasteiger charge is 2.26. The maximum absolute atomic E-state index is 11.2. The molecule has 16 heavy (non-hydrogen) atoms. The maximum Gasteiger partial charge on any atom is 0.328 e. The fourth-order valence-electron chi connectivity index (χ4n) is 1.64. The lowest BCUT2D eigenvalue weighted by atomic mass is 10.1. The Hall–Kier alpha value is -1.68. The smallest absolute Gasteiger partial charge is 0.328 e. The van der Waals surface area contributed by atoms with Gasteiger partial charge >= 0.3 is 5.97 Å². The van der Waals surface area contributed by atoms with E-state index in [9.17, 15) is 9.59 Å². The van der Waals surface area contributed by atoms with Crippen molar-refractivity contribution in [3.63, 3.8) is 0 Å². The first-order valence-electron chi connectivity index (χ1n) is 5.00. The molecule has 4 nitrogen and oxygen atoms in total. The van der Waals surface area contributed by atoms with Gasteiger partial charge in [0.25, 0.3) is 0 Å². The van der Waals surface area contributed by atoms with Crippen LogP contribution in [0.15, 0.2) is 30.3 Å². The zero-order valence-corrected chi connectivity index (χ0v) is 9.38. The Labute approximate surface area is 94.5 Å². The number of hydrogen-bond acceptors (Lipinski definition) is 3. The second-order valence-electron chi connectivity index (χ2n) is 3.75. The molecule has 0 bridgehead atoms. The van der Waals surface area contributed by atoms with Crippen LogP contribution in [-0.4, -0.2) is 34.8 Å². The third-order valence-corrected chi connectivity index (χ3v) is 2.33. The second-order valence-corrected chi connectivity index (χ2v) is 3.75. The molecule has 1 aromatic rings. The van der Waals surface area contributed by atoms with Crippen molar-refractivity contribution >= 4 is 11.8 Å². The molecule has 1 atom stereocenters. The summed E-state index contributed by atoms with van der Waals surface area (Å²) < 4.78 is 0. The van der Waals surface area contributed by atoms with Crippen molar-refractivity contribution in [2.75, 3.05) is 7.05 Å². The Bertz CT molecular complexity index is 361. The van der Waals surface area contributed by atoms with Crippen molar-refractivity contribution in [3.8, 4) is 0 Å². The minimum absolute atomic E-state index is 0.356. The van der Waals surface area contributed by atoms with E-state index in [1.165, 1.54) is 11.8 Å². The maximum atomic E-state index is 11.2. The molecule has 0 amide bonds. The molecule has 1 unspecified atom stereocenters. The lowest BCUT2D eigenvalue weighted by Crippen LogP contribution is -2.43. The molecule has 0 saturated heterocycles. The summed E-state index contributed by atoms with van der Waals surface area (Å²) >= 11 is 0. The van der Waals surface area contributed by atoms with E-state index in [0.717, 1.165) is 5.56 Å². The van der Waals surface area contributed by atoms with Gasteiger partial charge in [-0.3, -0.25) is 14.5 Å². The summed E-state index contributed by atoms with van der Waals surface area (Å²) in [6, 6.07) is 8.38. The van der Waals surface area contributed by atoms with E-state index in [4.69, 9.17) is 5.11 Å². The van der Waals surface area contributed by atoms with Gasteiger partial charge in [-0.05, 0) is 19.5 Å². The van der Waals surface area contributed by atoms with Crippen molar-refractivity contribution in [3.05, 3.63) is 35.9 Å². The van der Waals surface area contributed by atoms with Gasteiger partial charge in [-0.25, -0.2) is 0 Å². The number of hydrogen-bond donors (Lipinski definition) is 1. The van der Waals surface area contributed by atoms with Crippen LogP contribution >= 0.6 is 0 Å². The van der Waals surface area contributed by atoms with Crippen LogP contribution < -0.4 is 0 Å². The standard InChI is InChI=1S/C12H15NO3/c1-9(14)11(12(15)16)13(2)8-10-6-4-3-5-7-10/h3-7,11H,8H2,1-2H3,(H,15,16). The summed E-state index contributed by atoms with van der Waals surface area (Å²) in [4.78, 5) is 23.6. The van der Waals surface area contributed by atoms with E-state index in [0.29, 0.717) is 6.54 Å². The quantitative estimate of drug-likeness (QED) is 0.758. The normalized spacial score (nSPS) is 12.4. The van der Waals surface area contributed by atoms with E-state index in [1.807, 2.05) is 30.3 Å². The number of carbonyl (C=O) groups excluding carboxylic acids is 1. The number of aliphatic carboxylic acids is 1. The highest BCUT2D eigenvalue weighted by atomic mass is 16.4. The lowest BCUT2D eigenvalue weighted by molar-refractivity contribution is -0.147. The van der Waals surface area contributed by atoms with E-state index < -0.39 is 12.0 Å². The molecule has 1 N–H and O–H groups in total. The first kappa shape index (κ1) is 12.4. The molecular formula is C12H15NO3. The molecule has 86 valence electrons. The molecule has 0 saturated carbocycles. The van der Waals surface area contributed by atoms with E-state index in [1.54, 1.807) is 7.05 Å².